The smallest absolute Gasteiger partial charge is 0.216 e. The molecule has 0 N–H and O–H groups in total. The Morgan fingerprint density at radius 2 is 1.07 bits per heavy atom. The van der Waals surface area contributed by atoms with Crippen LogP contribution in [0, 0.1) is 0 Å². The zero-order valence-corrected chi connectivity index (χ0v) is 11.1. The maximum Gasteiger partial charge on any atom is 0.369 e. The molecule has 0 nitrogen and oxygen atoms in total. The van der Waals surface area contributed by atoms with E-state index in [2.05, 4.69) is 0 Å². The molecule has 0 bridgehead atoms. The van der Waals surface area contributed by atoms with Gasteiger partial charge in [0, 0.05) is 22.6 Å². The summed E-state index contributed by atoms with van der Waals surface area (Å²) in [5, 5.41) is 0. The van der Waals surface area contributed by atoms with Gasteiger partial charge < -0.3 is 0 Å². The first-order chi connectivity index (χ1) is 5.75. The van der Waals surface area contributed by atoms with Crippen molar-refractivity contribution >= 4 is 54.5 Å². The zero-order chi connectivity index (χ0) is 12.0. The second kappa shape index (κ2) is 3.90. The molecule has 0 aliphatic carbocycles. The van der Waals surface area contributed by atoms with Crippen LogP contribution in [0.2, 0.25) is 0 Å². The van der Waals surface area contributed by atoms with Gasteiger partial charge in [0.2, 0.25) is 0 Å². The number of hydrogen-bond donors (Lipinski definition) is 0. The van der Waals surface area contributed by atoms with Crippen LogP contribution < -0.4 is 0 Å². The van der Waals surface area contributed by atoms with Crippen LogP contribution in [0.4, 0.5) is 30.7 Å². The molecule has 0 spiro atoms. The van der Waals surface area contributed by atoms with Crippen LogP contribution >= 0.6 is 54.5 Å². The van der Waals surface area contributed by atoms with E-state index in [1.54, 1.807) is 0 Å². The molecule has 1 unspecified atom stereocenters. The standard InChI is InChI=1S/C4Br2F7I/c5-1(7,3(6,10)11)2(8,9)4(12,13)14. The van der Waals surface area contributed by atoms with Crippen molar-refractivity contribution in [1.82, 2.24) is 0 Å². The SMILES string of the molecule is FC(F)(Br)C(F)(Br)C(F)(F)C(F)(F)I. The normalized spacial score (nSPS) is 19.3. The lowest BCUT2D eigenvalue weighted by atomic mass is 10.2. The van der Waals surface area contributed by atoms with Gasteiger partial charge in [-0.05, 0) is 31.9 Å². The van der Waals surface area contributed by atoms with Crippen molar-refractivity contribution < 1.29 is 30.7 Å². The molecule has 0 fully saturated rings. The summed E-state index contributed by atoms with van der Waals surface area (Å²) in [7, 11) is 0. The van der Waals surface area contributed by atoms with Gasteiger partial charge in [-0.3, -0.25) is 0 Å². The van der Waals surface area contributed by atoms with E-state index < -0.39 is 19.3 Å². The second-order valence-electron chi connectivity index (χ2n) is 2.14. The summed E-state index contributed by atoms with van der Waals surface area (Å²) in [4.78, 5) is -4.84. The van der Waals surface area contributed by atoms with Crippen molar-refractivity contribution in [3.05, 3.63) is 0 Å². The number of halogens is 10. The van der Waals surface area contributed by atoms with Crippen molar-refractivity contribution in [2.24, 2.45) is 0 Å². The molecule has 0 aliphatic heterocycles. The lowest BCUT2D eigenvalue weighted by Gasteiger charge is -2.33. The highest BCUT2D eigenvalue weighted by atomic mass is 127. The van der Waals surface area contributed by atoms with E-state index in [-0.39, 0.29) is 22.6 Å². The van der Waals surface area contributed by atoms with E-state index in [9.17, 15) is 30.7 Å². The highest BCUT2D eigenvalue weighted by Gasteiger charge is 2.77. The fourth-order valence-corrected chi connectivity index (χ4v) is 1.60. The van der Waals surface area contributed by atoms with Crippen LogP contribution in [0.1, 0.15) is 0 Å². The Morgan fingerprint density at radius 1 is 0.786 bits per heavy atom. The van der Waals surface area contributed by atoms with E-state index in [4.69, 9.17) is 0 Å². The van der Waals surface area contributed by atoms with Crippen molar-refractivity contribution in [1.29, 1.82) is 0 Å². The maximum atomic E-state index is 12.8. The summed E-state index contributed by atoms with van der Waals surface area (Å²) < 4.78 is 76.6. The molecule has 14 heavy (non-hydrogen) atoms. The van der Waals surface area contributed by atoms with Gasteiger partial charge in [-0.2, -0.15) is 26.3 Å². The summed E-state index contributed by atoms with van der Waals surface area (Å²) in [6, 6.07) is 0. The first kappa shape index (κ1) is 15.2. The third-order valence-corrected chi connectivity index (χ3v) is 3.86. The summed E-state index contributed by atoms with van der Waals surface area (Å²) in [6.07, 6.45) is 0. The quantitative estimate of drug-likeness (QED) is 0.321. The lowest BCUT2D eigenvalue weighted by molar-refractivity contribution is -0.225. The van der Waals surface area contributed by atoms with Gasteiger partial charge in [-0.1, -0.05) is 0 Å². The largest absolute Gasteiger partial charge is 0.369 e. The first-order valence-electron chi connectivity index (χ1n) is 2.64. The van der Waals surface area contributed by atoms with E-state index in [0.29, 0.717) is 0 Å². The zero-order valence-electron chi connectivity index (χ0n) is 5.78. The Bertz CT molecular complexity index is 193. The molecule has 86 valence electrons. The summed E-state index contributed by atoms with van der Waals surface area (Å²) >= 11 is 2.40. The maximum absolute atomic E-state index is 12.8. The monoisotopic (exact) mass is 466 g/mol. The number of alkyl halides is 10. The van der Waals surface area contributed by atoms with Crippen LogP contribution in [0.15, 0.2) is 0 Å². The predicted molar refractivity (Wildman–Crippen MR) is 50.6 cm³/mol. The molecular weight excluding hydrogens is 468 g/mol. The molecule has 0 rings (SSSR count). The van der Waals surface area contributed by atoms with Gasteiger partial charge in [-0.25, -0.2) is 4.39 Å². The van der Waals surface area contributed by atoms with E-state index in [1.807, 2.05) is 0 Å². The molecule has 0 aromatic heterocycles. The molecule has 10 heteroatoms. The Labute approximate surface area is 104 Å². The minimum atomic E-state index is -5.58. The minimum absolute atomic E-state index is 0.123. The average Bonchev–Trinajstić information content (AvgIpc) is 1.81. The molecule has 0 heterocycles. The third-order valence-electron chi connectivity index (χ3n) is 1.11. The molecule has 0 aromatic carbocycles. The van der Waals surface area contributed by atoms with Crippen molar-refractivity contribution in [3.63, 3.8) is 0 Å². The van der Waals surface area contributed by atoms with Gasteiger partial charge in [0.15, 0.2) is 0 Å². The Balaban J connectivity index is 5.30. The summed E-state index contributed by atoms with van der Waals surface area (Å²) in [6.45, 7) is 0. The Morgan fingerprint density at radius 3 is 1.14 bits per heavy atom. The summed E-state index contributed by atoms with van der Waals surface area (Å²) in [5.41, 5.74) is 0. The number of hydrogen-bond acceptors (Lipinski definition) is 0. The lowest BCUT2D eigenvalue weighted by Crippen LogP contribution is -2.57. The molecular formula is C4Br2F7I. The van der Waals surface area contributed by atoms with Gasteiger partial charge >= 0.3 is 19.3 Å². The van der Waals surface area contributed by atoms with Crippen LogP contribution in [-0.2, 0) is 0 Å². The Hall–Kier alpha value is 1.20. The molecule has 0 aromatic rings. The van der Waals surface area contributed by atoms with E-state index in [1.165, 1.54) is 31.9 Å². The van der Waals surface area contributed by atoms with Crippen LogP contribution in [-0.4, -0.2) is 19.3 Å². The molecule has 0 aliphatic rings. The van der Waals surface area contributed by atoms with Crippen molar-refractivity contribution in [2.75, 3.05) is 0 Å². The molecule has 0 radical (unpaired) electrons. The van der Waals surface area contributed by atoms with Crippen LogP contribution in [0.25, 0.3) is 0 Å². The predicted octanol–water partition coefficient (Wildman–Crippen LogP) is 4.70. The topological polar surface area (TPSA) is 0 Å². The molecule has 1 atom stereocenters. The average molecular weight is 468 g/mol. The van der Waals surface area contributed by atoms with Crippen molar-refractivity contribution in [2.45, 2.75) is 19.3 Å². The van der Waals surface area contributed by atoms with Gasteiger partial charge in [0.1, 0.15) is 0 Å². The van der Waals surface area contributed by atoms with Gasteiger partial charge in [0.25, 0.3) is 0 Å². The fraction of sp³-hybridized carbons (Fsp3) is 1.00. The molecule has 0 saturated heterocycles. The highest BCUT2D eigenvalue weighted by Crippen LogP contribution is 2.58. The van der Waals surface area contributed by atoms with Crippen LogP contribution in [0.5, 0.6) is 0 Å². The third kappa shape index (κ3) is 2.47. The summed E-state index contributed by atoms with van der Waals surface area (Å²) in [5.74, 6) is -5.58. The minimum Gasteiger partial charge on any atom is -0.216 e. The second-order valence-corrected chi connectivity index (χ2v) is 5.59. The fourth-order valence-electron chi connectivity index (χ4n) is 0.356. The number of rotatable bonds is 3. The molecule has 0 amide bonds. The van der Waals surface area contributed by atoms with Gasteiger partial charge in [0.05, 0.1) is 0 Å². The van der Waals surface area contributed by atoms with E-state index in [0.717, 1.165) is 0 Å². The van der Waals surface area contributed by atoms with Crippen molar-refractivity contribution in [3.8, 4) is 0 Å². The first-order valence-corrected chi connectivity index (χ1v) is 5.30. The van der Waals surface area contributed by atoms with E-state index >= 15 is 0 Å². The molecule has 0 saturated carbocycles. The Kier molecular flexibility index (Phi) is 4.23. The van der Waals surface area contributed by atoms with Crippen LogP contribution in [0.3, 0.4) is 0 Å². The highest BCUT2D eigenvalue weighted by molar-refractivity contribution is 14.1. The van der Waals surface area contributed by atoms with Gasteiger partial charge in [-0.15, -0.1) is 0 Å².